The average molecular weight is 439 g/mol. The molecule has 2 heterocycles. The lowest BCUT2D eigenvalue weighted by Gasteiger charge is -2.33. The summed E-state index contributed by atoms with van der Waals surface area (Å²) in [5.74, 6) is -0.396. The van der Waals surface area contributed by atoms with Crippen LogP contribution in [0.5, 0.6) is 0 Å². The van der Waals surface area contributed by atoms with Crippen molar-refractivity contribution in [3.63, 3.8) is 0 Å². The number of hydrogen-bond donors (Lipinski definition) is 2. The Morgan fingerprint density at radius 3 is 2.19 bits per heavy atom. The highest BCUT2D eigenvalue weighted by atomic mass is 16.6. The van der Waals surface area contributed by atoms with Gasteiger partial charge in [0.15, 0.2) is 0 Å². The van der Waals surface area contributed by atoms with E-state index in [2.05, 4.69) is 10.6 Å². The second kappa shape index (κ2) is 9.87. The van der Waals surface area contributed by atoms with Crippen molar-refractivity contribution in [1.82, 2.24) is 20.4 Å². The fourth-order valence-corrected chi connectivity index (χ4v) is 3.87. The summed E-state index contributed by atoms with van der Waals surface area (Å²) in [6.45, 7) is 13.1. The van der Waals surface area contributed by atoms with Crippen molar-refractivity contribution < 1.29 is 23.9 Å². The van der Waals surface area contributed by atoms with E-state index < -0.39 is 11.7 Å². The van der Waals surface area contributed by atoms with Crippen molar-refractivity contribution >= 4 is 23.8 Å². The third-order valence-electron chi connectivity index (χ3n) is 5.51. The molecule has 0 aromatic carbocycles. The summed E-state index contributed by atoms with van der Waals surface area (Å²) >= 11 is 0. The molecule has 9 nitrogen and oxygen atoms in total. The zero-order chi connectivity index (χ0) is 23.4. The monoisotopic (exact) mass is 438 g/mol. The number of amides is 4. The lowest BCUT2D eigenvalue weighted by molar-refractivity contribution is -0.133. The van der Waals surface area contributed by atoms with Gasteiger partial charge < -0.3 is 25.2 Å². The Kier molecular flexibility index (Phi) is 7.94. The van der Waals surface area contributed by atoms with Crippen molar-refractivity contribution in [3.05, 3.63) is 0 Å². The fourth-order valence-electron chi connectivity index (χ4n) is 3.87. The summed E-state index contributed by atoms with van der Waals surface area (Å²) in [6, 6.07) is 0.00947. The van der Waals surface area contributed by atoms with Gasteiger partial charge >= 0.3 is 6.09 Å². The molecule has 176 valence electrons. The second-order valence-corrected chi connectivity index (χ2v) is 10.4. The van der Waals surface area contributed by atoms with E-state index in [1.165, 1.54) is 0 Å². The molecule has 0 aromatic heterocycles. The molecule has 9 heteroatoms. The van der Waals surface area contributed by atoms with Crippen LogP contribution in [-0.2, 0) is 19.1 Å². The third kappa shape index (κ3) is 7.70. The molecule has 0 saturated carbocycles. The molecule has 1 atom stereocenters. The number of likely N-dealkylation sites (tertiary alicyclic amines) is 2. The van der Waals surface area contributed by atoms with Gasteiger partial charge in [-0.15, -0.1) is 0 Å². The van der Waals surface area contributed by atoms with Crippen LogP contribution in [0.25, 0.3) is 0 Å². The number of hydrogen-bond acceptors (Lipinski definition) is 5. The molecule has 2 N–H and O–H groups in total. The van der Waals surface area contributed by atoms with E-state index in [1.54, 1.807) is 30.6 Å². The standard InChI is InChI=1S/C22H38N4O5/c1-21(2,3)26-14-15(13-18(26)28)19(29)24-16-8-11-25(12-9-16)17(27)7-10-23-20(30)31-22(4,5)6/h15-16H,7-14H2,1-6H3,(H,23,30)(H,24,29). The minimum atomic E-state index is -0.572. The minimum absolute atomic E-state index is 0.00947. The topological polar surface area (TPSA) is 108 Å². The first-order valence-electron chi connectivity index (χ1n) is 11.1. The third-order valence-corrected chi connectivity index (χ3v) is 5.51. The highest BCUT2D eigenvalue weighted by molar-refractivity contribution is 5.89. The quantitative estimate of drug-likeness (QED) is 0.679. The molecule has 0 bridgehead atoms. The number of nitrogens with one attached hydrogen (secondary N) is 2. The Balaban J connectivity index is 1.69. The van der Waals surface area contributed by atoms with E-state index in [-0.39, 0.29) is 54.6 Å². The van der Waals surface area contributed by atoms with E-state index >= 15 is 0 Å². The Labute approximate surface area is 185 Å². The van der Waals surface area contributed by atoms with E-state index in [1.807, 2.05) is 20.8 Å². The number of ether oxygens (including phenoxy) is 1. The zero-order valence-electron chi connectivity index (χ0n) is 19.7. The van der Waals surface area contributed by atoms with Crippen LogP contribution in [0.3, 0.4) is 0 Å². The minimum Gasteiger partial charge on any atom is -0.444 e. The molecule has 2 aliphatic heterocycles. The van der Waals surface area contributed by atoms with Gasteiger partial charge in [0, 0.05) is 50.6 Å². The number of rotatable bonds is 5. The molecular formula is C22H38N4O5. The normalized spacial score (nSPS) is 20.6. The predicted molar refractivity (Wildman–Crippen MR) is 116 cm³/mol. The molecule has 0 aromatic rings. The molecular weight excluding hydrogens is 400 g/mol. The molecule has 2 saturated heterocycles. The Morgan fingerprint density at radius 1 is 1.06 bits per heavy atom. The maximum absolute atomic E-state index is 12.6. The smallest absolute Gasteiger partial charge is 0.407 e. The largest absolute Gasteiger partial charge is 0.444 e. The van der Waals surface area contributed by atoms with E-state index in [4.69, 9.17) is 4.74 Å². The van der Waals surface area contributed by atoms with Gasteiger partial charge in [-0.2, -0.15) is 0 Å². The predicted octanol–water partition coefficient (Wildman–Crippen LogP) is 1.66. The summed E-state index contributed by atoms with van der Waals surface area (Å²) in [5.41, 5.74) is -0.854. The molecule has 0 spiro atoms. The molecule has 31 heavy (non-hydrogen) atoms. The maximum atomic E-state index is 12.6. The number of piperidine rings is 1. The summed E-state index contributed by atoms with van der Waals surface area (Å²) in [6.07, 6.45) is 1.30. The van der Waals surface area contributed by atoms with Crippen LogP contribution in [-0.4, -0.2) is 77.0 Å². The summed E-state index contributed by atoms with van der Waals surface area (Å²) in [5, 5.41) is 5.66. The second-order valence-electron chi connectivity index (χ2n) is 10.4. The van der Waals surface area contributed by atoms with Crippen LogP contribution >= 0.6 is 0 Å². The Morgan fingerprint density at radius 2 is 1.68 bits per heavy atom. The van der Waals surface area contributed by atoms with Crippen molar-refractivity contribution in [3.8, 4) is 0 Å². The molecule has 2 rings (SSSR count). The fraction of sp³-hybridized carbons (Fsp3) is 0.818. The van der Waals surface area contributed by atoms with Gasteiger partial charge in [0.2, 0.25) is 17.7 Å². The Bertz CT molecular complexity index is 687. The summed E-state index contributed by atoms with van der Waals surface area (Å²) < 4.78 is 5.15. The van der Waals surface area contributed by atoms with Crippen molar-refractivity contribution in [1.29, 1.82) is 0 Å². The van der Waals surface area contributed by atoms with Crippen LogP contribution in [0.1, 0.15) is 67.2 Å². The van der Waals surface area contributed by atoms with Gasteiger partial charge in [-0.1, -0.05) is 0 Å². The van der Waals surface area contributed by atoms with E-state index in [9.17, 15) is 19.2 Å². The van der Waals surface area contributed by atoms with Crippen LogP contribution in [0.4, 0.5) is 4.79 Å². The highest BCUT2D eigenvalue weighted by Crippen LogP contribution is 2.26. The van der Waals surface area contributed by atoms with Crippen molar-refractivity contribution in [2.45, 2.75) is 84.4 Å². The Hall–Kier alpha value is -2.32. The molecule has 1 unspecified atom stereocenters. The van der Waals surface area contributed by atoms with Crippen LogP contribution < -0.4 is 10.6 Å². The zero-order valence-corrected chi connectivity index (χ0v) is 19.7. The first-order chi connectivity index (χ1) is 14.3. The van der Waals surface area contributed by atoms with Gasteiger partial charge in [0.25, 0.3) is 0 Å². The molecule has 0 radical (unpaired) electrons. The SMILES string of the molecule is CC(C)(C)OC(=O)NCCC(=O)N1CCC(NC(=O)C2CC(=O)N(C(C)(C)C)C2)CC1. The van der Waals surface area contributed by atoms with Crippen molar-refractivity contribution in [2.75, 3.05) is 26.2 Å². The van der Waals surface area contributed by atoms with Gasteiger partial charge in [-0.25, -0.2) is 4.79 Å². The first kappa shape index (κ1) is 24.9. The molecule has 0 aliphatic carbocycles. The average Bonchev–Trinajstić information content (AvgIpc) is 3.03. The lowest BCUT2D eigenvalue weighted by atomic mass is 10.0. The van der Waals surface area contributed by atoms with Crippen LogP contribution in [0.15, 0.2) is 0 Å². The van der Waals surface area contributed by atoms with Crippen molar-refractivity contribution in [2.24, 2.45) is 5.92 Å². The van der Waals surface area contributed by atoms with E-state index in [0.717, 1.165) is 0 Å². The van der Waals surface area contributed by atoms with Gasteiger partial charge in [0.1, 0.15) is 5.60 Å². The molecule has 4 amide bonds. The van der Waals surface area contributed by atoms with Crippen LogP contribution in [0, 0.1) is 5.92 Å². The number of nitrogens with zero attached hydrogens (tertiary/aromatic N) is 2. The number of carbonyl (C=O) groups excluding carboxylic acids is 4. The van der Waals surface area contributed by atoms with Crippen LogP contribution in [0.2, 0.25) is 0 Å². The summed E-state index contributed by atoms with van der Waals surface area (Å²) in [4.78, 5) is 52.4. The van der Waals surface area contributed by atoms with E-state index in [0.29, 0.717) is 32.5 Å². The van der Waals surface area contributed by atoms with Gasteiger partial charge in [0.05, 0.1) is 5.92 Å². The first-order valence-corrected chi connectivity index (χ1v) is 11.1. The molecule has 2 aliphatic rings. The van der Waals surface area contributed by atoms with Gasteiger partial charge in [-0.3, -0.25) is 14.4 Å². The maximum Gasteiger partial charge on any atom is 0.407 e. The highest BCUT2D eigenvalue weighted by Gasteiger charge is 2.40. The lowest BCUT2D eigenvalue weighted by Crippen LogP contribution is -2.49. The van der Waals surface area contributed by atoms with Gasteiger partial charge in [-0.05, 0) is 54.4 Å². The summed E-state index contributed by atoms with van der Waals surface area (Å²) in [7, 11) is 0. The number of alkyl carbamates (subject to hydrolysis) is 1. The molecule has 2 fully saturated rings. The number of carbonyl (C=O) groups is 4.